The third kappa shape index (κ3) is 6.96. The van der Waals surface area contributed by atoms with Gasteiger partial charge in [-0.15, -0.1) is 0 Å². The highest BCUT2D eigenvalue weighted by molar-refractivity contribution is 5.90. The number of H-pyrrole nitrogens is 1. The summed E-state index contributed by atoms with van der Waals surface area (Å²) in [6, 6.07) is 25.3. The lowest BCUT2D eigenvalue weighted by Crippen LogP contribution is -2.55. The molecule has 0 aliphatic heterocycles. The Hall–Kier alpha value is -4.59. The fourth-order valence-corrected chi connectivity index (χ4v) is 3.97. The minimum Gasteiger partial charge on any atom is -0.361 e. The average molecular weight is 484 g/mol. The predicted molar refractivity (Wildman–Crippen MR) is 139 cm³/mol. The molecule has 1 heterocycles. The fraction of sp³-hybridized carbons (Fsp3) is 0.179. The van der Waals surface area contributed by atoms with Crippen molar-refractivity contribution in [3.63, 3.8) is 0 Å². The van der Waals surface area contributed by atoms with Gasteiger partial charge in [-0.05, 0) is 29.2 Å². The molecule has 8 nitrogen and oxygen atoms in total. The van der Waals surface area contributed by atoms with E-state index in [1.54, 1.807) is 0 Å². The first-order valence-corrected chi connectivity index (χ1v) is 11.8. The van der Waals surface area contributed by atoms with E-state index < -0.39 is 12.1 Å². The van der Waals surface area contributed by atoms with Crippen LogP contribution in [-0.4, -0.2) is 35.4 Å². The molecule has 0 saturated carbocycles. The number of para-hydroxylation sites is 1. The minimum atomic E-state index is -0.842. The molecule has 0 aliphatic carbocycles. The van der Waals surface area contributed by atoms with Gasteiger partial charge in [-0.1, -0.05) is 78.9 Å². The van der Waals surface area contributed by atoms with Gasteiger partial charge in [-0.2, -0.15) is 0 Å². The molecule has 0 radical (unpaired) electrons. The molecule has 184 valence electrons. The van der Waals surface area contributed by atoms with Crippen molar-refractivity contribution in [3.05, 3.63) is 108 Å². The first kappa shape index (κ1) is 24.5. The van der Waals surface area contributed by atoms with Crippen LogP contribution in [0.25, 0.3) is 10.9 Å². The monoisotopic (exact) mass is 483 g/mol. The number of aromatic amines is 1. The standard InChI is InChI=1S/C28H29N5O3/c34-26(17-21-11-5-2-6-12-21)32-33-28(36)31-25(18-22-19-30-24-14-8-7-13-23(22)24)27(35)29-16-15-20-9-3-1-4-10-20/h1-14,19,25,30H,15-18H2,(H,29,35)(H,32,34)(H2,31,33,36)/t25-/m1/s1. The van der Waals surface area contributed by atoms with Crippen molar-refractivity contribution >= 4 is 28.7 Å². The maximum atomic E-state index is 13.1. The molecule has 36 heavy (non-hydrogen) atoms. The summed E-state index contributed by atoms with van der Waals surface area (Å²) in [6.07, 6.45) is 2.93. The summed E-state index contributed by atoms with van der Waals surface area (Å²) in [4.78, 5) is 41.0. The van der Waals surface area contributed by atoms with E-state index in [0.29, 0.717) is 13.0 Å². The van der Waals surface area contributed by atoms with Gasteiger partial charge in [0.15, 0.2) is 0 Å². The van der Waals surface area contributed by atoms with E-state index in [1.165, 1.54) is 0 Å². The van der Waals surface area contributed by atoms with Crippen LogP contribution in [0, 0.1) is 0 Å². The van der Waals surface area contributed by atoms with Crippen LogP contribution in [0.5, 0.6) is 0 Å². The number of amides is 4. The van der Waals surface area contributed by atoms with Gasteiger partial charge < -0.3 is 15.6 Å². The van der Waals surface area contributed by atoms with E-state index in [2.05, 4.69) is 26.5 Å². The van der Waals surface area contributed by atoms with E-state index >= 15 is 0 Å². The number of hydrogen-bond acceptors (Lipinski definition) is 3. The quantitative estimate of drug-likeness (QED) is 0.236. The number of benzene rings is 3. The lowest BCUT2D eigenvalue weighted by Gasteiger charge is -2.19. The predicted octanol–water partition coefficient (Wildman–Crippen LogP) is 3.01. The molecule has 4 aromatic rings. The van der Waals surface area contributed by atoms with Crippen molar-refractivity contribution in [3.8, 4) is 0 Å². The lowest BCUT2D eigenvalue weighted by atomic mass is 10.0. The molecule has 8 heteroatoms. The second kappa shape index (κ2) is 12.2. The van der Waals surface area contributed by atoms with Crippen LogP contribution in [0.2, 0.25) is 0 Å². The second-order valence-electron chi connectivity index (χ2n) is 8.45. The number of urea groups is 1. The van der Waals surface area contributed by atoms with Gasteiger partial charge in [0.1, 0.15) is 6.04 Å². The van der Waals surface area contributed by atoms with Crippen LogP contribution in [0.3, 0.4) is 0 Å². The van der Waals surface area contributed by atoms with Crippen molar-refractivity contribution in [2.75, 3.05) is 6.54 Å². The SMILES string of the molecule is O=C(Cc1ccccc1)NNC(=O)N[C@H](Cc1c[nH]c2ccccc12)C(=O)NCCc1ccccc1. The highest BCUT2D eigenvalue weighted by Gasteiger charge is 2.22. The van der Waals surface area contributed by atoms with Gasteiger partial charge in [0, 0.05) is 30.1 Å². The summed E-state index contributed by atoms with van der Waals surface area (Å²) in [6.45, 7) is 0.435. The number of nitrogens with one attached hydrogen (secondary N) is 5. The van der Waals surface area contributed by atoms with Gasteiger partial charge in [-0.25, -0.2) is 10.2 Å². The van der Waals surface area contributed by atoms with Crippen LogP contribution >= 0.6 is 0 Å². The molecule has 1 atom stereocenters. The normalized spacial score (nSPS) is 11.4. The van der Waals surface area contributed by atoms with E-state index in [9.17, 15) is 14.4 Å². The van der Waals surface area contributed by atoms with Gasteiger partial charge in [0.2, 0.25) is 11.8 Å². The van der Waals surface area contributed by atoms with Gasteiger partial charge in [0.25, 0.3) is 0 Å². The number of rotatable bonds is 9. The Morgan fingerprint density at radius 2 is 1.44 bits per heavy atom. The smallest absolute Gasteiger partial charge is 0.334 e. The third-order valence-corrected chi connectivity index (χ3v) is 5.80. The Morgan fingerprint density at radius 3 is 2.19 bits per heavy atom. The molecule has 3 aromatic carbocycles. The number of carbonyl (C=O) groups excluding carboxylic acids is 3. The molecule has 0 bridgehead atoms. The van der Waals surface area contributed by atoms with Crippen molar-refractivity contribution in [2.45, 2.75) is 25.3 Å². The summed E-state index contributed by atoms with van der Waals surface area (Å²) in [5.74, 6) is -0.668. The van der Waals surface area contributed by atoms with Crippen LogP contribution in [0.4, 0.5) is 4.79 Å². The Kier molecular flexibility index (Phi) is 8.32. The van der Waals surface area contributed by atoms with Gasteiger partial charge >= 0.3 is 6.03 Å². The molecule has 0 saturated heterocycles. The summed E-state index contributed by atoms with van der Waals surface area (Å²) in [5.41, 5.74) is 8.53. The average Bonchev–Trinajstić information content (AvgIpc) is 3.31. The highest BCUT2D eigenvalue weighted by atomic mass is 16.2. The number of hydrogen-bond donors (Lipinski definition) is 5. The fourth-order valence-electron chi connectivity index (χ4n) is 3.97. The largest absolute Gasteiger partial charge is 0.361 e. The molecule has 5 N–H and O–H groups in total. The van der Waals surface area contributed by atoms with Crippen molar-refractivity contribution in [1.29, 1.82) is 0 Å². The van der Waals surface area contributed by atoms with Crippen molar-refractivity contribution in [1.82, 2.24) is 26.5 Å². The topological polar surface area (TPSA) is 115 Å². The molecule has 1 aromatic heterocycles. The molecule has 0 spiro atoms. The number of carbonyl (C=O) groups is 3. The maximum Gasteiger partial charge on any atom is 0.334 e. The lowest BCUT2D eigenvalue weighted by molar-refractivity contribution is -0.122. The zero-order chi connectivity index (χ0) is 25.2. The Labute approximate surface area is 209 Å². The molecule has 0 unspecified atom stereocenters. The first-order chi connectivity index (χ1) is 17.6. The summed E-state index contributed by atoms with van der Waals surface area (Å²) < 4.78 is 0. The molecule has 0 fully saturated rings. The van der Waals surface area contributed by atoms with Gasteiger partial charge in [-0.3, -0.25) is 15.0 Å². The third-order valence-electron chi connectivity index (χ3n) is 5.80. The number of fused-ring (bicyclic) bond motifs is 1. The van der Waals surface area contributed by atoms with E-state index in [0.717, 1.165) is 27.6 Å². The molecular formula is C28H29N5O3. The second-order valence-corrected chi connectivity index (χ2v) is 8.45. The van der Waals surface area contributed by atoms with Crippen LogP contribution in [-0.2, 0) is 28.9 Å². The van der Waals surface area contributed by atoms with E-state index in [-0.39, 0.29) is 24.7 Å². The summed E-state index contributed by atoms with van der Waals surface area (Å²) in [5, 5.41) is 6.60. The highest BCUT2D eigenvalue weighted by Crippen LogP contribution is 2.19. The van der Waals surface area contributed by atoms with E-state index in [1.807, 2.05) is 91.1 Å². The zero-order valence-electron chi connectivity index (χ0n) is 19.8. The van der Waals surface area contributed by atoms with Gasteiger partial charge in [0.05, 0.1) is 6.42 Å². The van der Waals surface area contributed by atoms with Crippen LogP contribution in [0.15, 0.2) is 91.1 Å². The van der Waals surface area contributed by atoms with Crippen LogP contribution < -0.4 is 21.5 Å². The summed E-state index contributed by atoms with van der Waals surface area (Å²) >= 11 is 0. The Morgan fingerprint density at radius 1 is 0.778 bits per heavy atom. The maximum absolute atomic E-state index is 13.1. The molecule has 4 amide bonds. The Bertz CT molecular complexity index is 1300. The first-order valence-electron chi connectivity index (χ1n) is 11.8. The molecule has 4 rings (SSSR count). The Balaban J connectivity index is 1.36. The van der Waals surface area contributed by atoms with Crippen molar-refractivity contribution < 1.29 is 14.4 Å². The number of hydrazine groups is 1. The minimum absolute atomic E-state index is 0.125. The zero-order valence-corrected chi connectivity index (χ0v) is 19.8. The molecular weight excluding hydrogens is 454 g/mol. The number of aromatic nitrogens is 1. The van der Waals surface area contributed by atoms with E-state index in [4.69, 9.17) is 0 Å². The van der Waals surface area contributed by atoms with Crippen molar-refractivity contribution in [2.24, 2.45) is 0 Å². The molecule has 0 aliphatic rings. The summed E-state index contributed by atoms with van der Waals surface area (Å²) in [7, 11) is 0. The van der Waals surface area contributed by atoms with Crippen LogP contribution in [0.1, 0.15) is 16.7 Å².